The highest BCUT2D eigenvalue weighted by atomic mass is 16.5. The highest BCUT2D eigenvalue weighted by Gasteiger charge is 2.19. The largest absolute Gasteiger partial charge is 0.465 e. The van der Waals surface area contributed by atoms with E-state index in [0.717, 1.165) is 48.2 Å². The molecule has 1 atom stereocenters. The average Bonchev–Trinajstić information content (AvgIpc) is 2.99. The van der Waals surface area contributed by atoms with Gasteiger partial charge in [-0.25, -0.2) is 0 Å². The smallest absolute Gasteiger partial charge is 0.320 e. The topological polar surface area (TPSA) is 138 Å². The summed E-state index contributed by atoms with van der Waals surface area (Å²) in [7, 11) is 0. The average molecular weight is 582 g/mol. The minimum absolute atomic E-state index is 0.0560. The Morgan fingerprint density at radius 3 is 2.35 bits per heavy atom. The van der Waals surface area contributed by atoms with Crippen LogP contribution < -0.4 is 16.4 Å². The van der Waals surface area contributed by atoms with E-state index >= 15 is 0 Å². The number of nitrogen functional groups attached to an aromatic ring is 1. The molecule has 3 aromatic rings. The maximum absolute atomic E-state index is 12.7. The van der Waals surface area contributed by atoms with Crippen molar-refractivity contribution >= 4 is 35.4 Å². The first-order chi connectivity index (χ1) is 20.7. The first kappa shape index (κ1) is 31.2. The third-order valence-electron chi connectivity index (χ3n) is 7.36. The van der Waals surface area contributed by atoms with Gasteiger partial charge in [0.25, 0.3) is 0 Å². The van der Waals surface area contributed by atoms with Crippen molar-refractivity contribution in [2.45, 2.75) is 39.2 Å². The van der Waals surface area contributed by atoms with Crippen LogP contribution in [0.5, 0.6) is 0 Å². The summed E-state index contributed by atoms with van der Waals surface area (Å²) in [5, 5.41) is 13.1. The fraction of sp³-hybridized carbons (Fsp3) is 0.294. The van der Waals surface area contributed by atoms with Crippen LogP contribution in [0.4, 0.5) is 5.69 Å². The predicted molar refractivity (Wildman–Crippen MR) is 169 cm³/mol. The van der Waals surface area contributed by atoms with Crippen molar-refractivity contribution < 1.29 is 19.1 Å². The van der Waals surface area contributed by atoms with Crippen molar-refractivity contribution in [2.24, 2.45) is 5.73 Å². The molecule has 9 nitrogen and oxygen atoms in total. The Morgan fingerprint density at radius 2 is 1.70 bits per heavy atom. The third kappa shape index (κ3) is 9.11. The molecule has 1 saturated heterocycles. The molecule has 0 radical (unpaired) electrons. The van der Waals surface area contributed by atoms with E-state index in [1.54, 1.807) is 24.3 Å². The molecule has 0 spiro atoms. The molecule has 43 heavy (non-hydrogen) atoms. The Labute approximate surface area is 252 Å². The zero-order chi connectivity index (χ0) is 30.8. The van der Waals surface area contributed by atoms with Crippen LogP contribution >= 0.6 is 0 Å². The Hall–Kier alpha value is -4.76. The minimum Gasteiger partial charge on any atom is -0.465 e. The Kier molecular flexibility index (Phi) is 10.8. The lowest BCUT2D eigenvalue weighted by Crippen LogP contribution is -2.35. The van der Waals surface area contributed by atoms with Crippen molar-refractivity contribution in [3.05, 3.63) is 95.1 Å². The maximum atomic E-state index is 12.7. The number of esters is 1. The number of carbonyl (C=O) groups is 3. The highest BCUT2D eigenvalue weighted by molar-refractivity contribution is 6.04. The number of likely N-dealkylation sites (tertiary alicyclic amines) is 1. The zero-order valence-corrected chi connectivity index (χ0v) is 24.7. The second-order valence-electron chi connectivity index (χ2n) is 10.6. The summed E-state index contributed by atoms with van der Waals surface area (Å²) in [6.45, 7) is 6.06. The highest BCUT2D eigenvalue weighted by Crippen LogP contribution is 2.30. The van der Waals surface area contributed by atoms with E-state index in [4.69, 9.17) is 15.9 Å². The van der Waals surface area contributed by atoms with Gasteiger partial charge in [-0.2, -0.15) is 0 Å². The SMILES string of the molecule is CCOC(=O)CN1CCC(=Cc2ccc(C(C)NC(=O)CC(=O)Nc3ccc(C(=N)N)cc3)cc2-c2ccccc2)CC1. The first-order valence-electron chi connectivity index (χ1n) is 14.5. The van der Waals surface area contributed by atoms with Crippen LogP contribution in [0.2, 0.25) is 0 Å². The van der Waals surface area contributed by atoms with Gasteiger partial charge in [0.15, 0.2) is 0 Å². The quantitative estimate of drug-likeness (QED) is 0.110. The molecule has 9 heteroatoms. The molecule has 224 valence electrons. The summed E-state index contributed by atoms with van der Waals surface area (Å²) in [4.78, 5) is 39.2. The third-order valence-corrected chi connectivity index (χ3v) is 7.36. The first-order valence-corrected chi connectivity index (χ1v) is 14.5. The Bertz CT molecular complexity index is 1470. The van der Waals surface area contributed by atoms with Crippen molar-refractivity contribution in [1.29, 1.82) is 5.41 Å². The van der Waals surface area contributed by atoms with Gasteiger partial charge < -0.3 is 21.1 Å². The van der Waals surface area contributed by atoms with Gasteiger partial charge in [-0.3, -0.25) is 24.7 Å². The summed E-state index contributed by atoms with van der Waals surface area (Å²) in [5.41, 5.74) is 12.0. The normalized spacial score (nSPS) is 14.0. The molecule has 1 unspecified atom stereocenters. The number of nitrogens with one attached hydrogen (secondary N) is 3. The number of carbonyl (C=O) groups excluding carboxylic acids is 3. The molecule has 1 fully saturated rings. The molecule has 0 aliphatic carbocycles. The van der Waals surface area contributed by atoms with E-state index in [1.165, 1.54) is 5.57 Å². The number of piperidine rings is 1. The van der Waals surface area contributed by atoms with Gasteiger partial charge in [-0.15, -0.1) is 0 Å². The van der Waals surface area contributed by atoms with E-state index in [-0.39, 0.29) is 30.2 Å². The molecular formula is C34H39N5O4. The minimum atomic E-state index is -0.430. The van der Waals surface area contributed by atoms with Crippen LogP contribution in [0, 0.1) is 5.41 Å². The lowest BCUT2D eigenvalue weighted by molar-refractivity contribution is -0.144. The molecule has 4 rings (SSSR count). The molecule has 1 heterocycles. The molecule has 1 aliphatic rings. The molecule has 5 N–H and O–H groups in total. The number of anilines is 1. The number of nitrogens with two attached hydrogens (primary N) is 1. The van der Waals surface area contributed by atoms with E-state index in [2.05, 4.69) is 45.9 Å². The molecule has 3 aromatic carbocycles. The van der Waals surface area contributed by atoms with Crippen LogP contribution in [-0.2, 0) is 19.1 Å². The summed E-state index contributed by atoms with van der Waals surface area (Å²) in [5.74, 6) is -1.05. The zero-order valence-electron chi connectivity index (χ0n) is 24.7. The van der Waals surface area contributed by atoms with Crippen molar-refractivity contribution in [3.8, 4) is 11.1 Å². The summed E-state index contributed by atoms with van der Waals surface area (Å²) < 4.78 is 5.09. The van der Waals surface area contributed by atoms with Crippen LogP contribution in [0.1, 0.15) is 55.8 Å². The summed E-state index contributed by atoms with van der Waals surface area (Å²) in [6.07, 6.45) is 3.68. The lowest BCUT2D eigenvalue weighted by atomic mass is 9.92. The number of amidine groups is 1. The van der Waals surface area contributed by atoms with Crippen molar-refractivity contribution in [3.63, 3.8) is 0 Å². The molecule has 1 aliphatic heterocycles. The summed E-state index contributed by atoms with van der Waals surface area (Å²) >= 11 is 0. The van der Waals surface area contributed by atoms with Crippen LogP contribution in [-0.4, -0.2) is 54.8 Å². The Morgan fingerprint density at radius 1 is 1.00 bits per heavy atom. The van der Waals surface area contributed by atoms with Gasteiger partial charge in [-0.05, 0) is 79.3 Å². The fourth-order valence-electron chi connectivity index (χ4n) is 5.05. The fourth-order valence-corrected chi connectivity index (χ4v) is 5.05. The van der Waals surface area contributed by atoms with E-state index in [0.29, 0.717) is 24.4 Å². The number of benzene rings is 3. The standard InChI is InChI=1S/C34H39N5O4/c1-3-43-33(42)22-39-17-15-24(16-18-39)19-28-10-9-27(20-30(28)25-7-5-4-6-8-25)23(2)37-31(40)21-32(41)38-29-13-11-26(12-14-29)34(35)36/h4-14,19-20,23H,3,15-18,21-22H2,1-2H3,(H3,35,36)(H,37,40)(H,38,41). The number of ether oxygens (including phenoxy) is 1. The van der Waals surface area contributed by atoms with Gasteiger partial charge >= 0.3 is 5.97 Å². The maximum Gasteiger partial charge on any atom is 0.320 e. The number of rotatable bonds is 11. The Balaban J connectivity index is 1.41. The van der Waals surface area contributed by atoms with Crippen LogP contribution in [0.3, 0.4) is 0 Å². The van der Waals surface area contributed by atoms with Crippen molar-refractivity contribution in [2.75, 3.05) is 31.6 Å². The van der Waals surface area contributed by atoms with Gasteiger partial charge in [0.05, 0.1) is 19.2 Å². The number of hydrogen-bond donors (Lipinski definition) is 4. The summed E-state index contributed by atoms with van der Waals surface area (Å²) in [6, 6.07) is 22.6. The van der Waals surface area contributed by atoms with Gasteiger partial charge in [0.1, 0.15) is 12.3 Å². The predicted octanol–water partition coefficient (Wildman–Crippen LogP) is 4.89. The number of hydrogen-bond acceptors (Lipinski definition) is 6. The van der Waals surface area contributed by atoms with Gasteiger partial charge in [0.2, 0.25) is 11.8 Å². The molecule has 2 amide bonds. The molecule has 0 saturated carbocycles. The monoisotopic (exact) mass is 581 g/mol. The molecule has 0 bridgehead atoms. The molecule has 0 aromatic heterocycles. The van der Waals surface area contributed by atoms with Gasteiger partial charge in [-0.1, -0.05) is 54.1 Å². The second kappa shape index (κ2) is 14.9. The van der Waals surface area contributed by atoms with Crippen LogP contribution in [0.15, 0.2) is 78.4 Å². The lowest BCUT2D eigenvalue weighted by Gasteiger charge is -2.27. The number of amides is 2. The van der Waals surface area contributed by atoms with E-state index in [9.17, 15) is 14.4 Å². The van der Waals surface area contributed by atoms with Crippen LogP contribution in [0.25, 0.3) is 17.2 Å². The van der Waals surface area contributed by atoms with E-state index in [1.807, 2.05) is 38.1 Å². The van der Waals surface area contributed by atoms with E-state index < -0.39 is 5.91 Å². The van der Waals surface area contributed by atoms with Crippen molar-refractivity contribution in [1.82, 2.24) is 10.2 Å². The molecular weight excluding hydrogens is 542 g/mol. The van der Waals surface area contributed by atoms with Gasteiger partial charge in [0, 0.05) is 24.3 Å². The number of nitrogens with zero attached hydrogens (tertiary/aromatic N) is 1. The second-order valence-corrected chi connectivity index (χ2v) is 10.6.